The van der Waals surface area contributed by atoms with E-state index in [9.17, 15) is 0 Å². The summed E-state index contributed by atoms with van der Waals surface area (Å²) in [5.74, 6) is 0.787. The third-order valence-electron chi connectivity index (χ3n) is 1.27. The van der Waals surface area contributed by atoms with Gasteiger partial charge in [-0.1, -0.05) is 13.8 Å². The molecule has 0 saturated heterocycles. The van der Waals surface area contributed by atoms with E-state index in [1.165, 1.54) is 6.33 Å². The first kappa shape index (κ1) is 11.6. The van der Waals surface area contributed by atoms with Crippen LogP contribution in [0.4, 0.5) is 11.5 Å². The molecule has 1 aromatic heterocycles. The van der Waals surface area contributed by atoms with Crippen LogP contribution < -0.4 is 4.90 Å². The Bertz CT molecular complexity index is 258. The van der Waals surface area contributed by atoms with Crippen LogP contribution in [-0.4, -0.2) is 30.8 Å². The van der Waals surface area contributed by atoms with E-state index in [0.29, 0.717) is 5.69 Å². The smallest absolute Gasteiger partial charge is 0.157 e. The predicted octanol–water partition coefficient (Wildman–Crippen LogP) is 1.90. The summed E-state index contributed by atoms with van der Waals surface area (Å²) in [6, 6.07) is 0. The number of aliphatic imine (C=N–C) groups is 1. The standard InChI is InChI=1S/C7H10N4.C2H6/c1-8-6-4-9-5-10-7(6)11(2)3;1-2/h4-5H,1H2,2-3H3;1-2H3. The summed E-state index contributed by atoms with van der Waals surface area (Å²) in [6.45, 7) is 7.42. The molecule has 0 radical (unpaired) electrons. The molecule has 0 aliphatic rings. The summed E-state index contributed by atoms with van der Waals surface area (Å²) in [5.41, 5.74) is 0.706. The fourth-order valence-electron chi connectivity index (χ4n) is 0.772. The Labute approximate surface area is 79.4 Å². The van der Waals surface area contributed by atoms with Crippen LogP contribution in [0.1, 0.15) is 13.8 Å². The molecule has 0 aliphatic carbocycles. The molecule has 0 spiro atoms. The van der Waals surface area contributed by atoms with Gasteiger partial charge in [0.15, 0.2) is 5.82 Å². The zero-order valence-electron chi connectivity index (χ0n) is 8.65. The van der Waals surface area contributed by atoms with E-state index in [2.05, 4.69) is 21.7 Å². The van der Waals surface area contributed by atoms with Gasteiger partial charge in [0.25, 0.3) is 0 Å². The quantitative estimate of drug-likeness (QED) is 0.653. The molecular formula is C9H16N4. The van der Waals surface area contributed by atoms with Crippen LogP contribution in [0.15, 0.2) is 17.5 Å². The summed E-state index contributed by atoms with van der Waals surface area (Å²) >= 11 is 0. The topological polar surface area (TPSA) is 41.4 Å². The fraction of sp³-hybridized carbons (Fsp3) is 0.444. The van der Waals surface area contributed by atoms with Crippen LogP contribution in [0, 0.1) is 0 Å². The van der Waals surface area contributed by atoms with Gasteiger partial charge in [0.1, 0.15) is 12.0 Å². The van der Waals surface area contributed by atoms with E-state index in [1.54, 1.807) is 6.20 Å². The third kappa shape index (κ3) is 3.19. The van der Waals surface area contributed by atoms with E-state index in [1.807, 2.05) is 32.8 Å². The van der Waals surface area contributed by atoms with Crippen molar-refractivity contribution in [3.8, 4) is 0 Å². The molecule has 0 saturated carbocycles. The molecule has 4 nitrogen and oxygen atoms in total. The molecule has 1 rings (SSSR count). The molecule has 0 aliphatic heterocycles. The van der Waals surface area contributed by atoms with Gasteiger partial charge in [-0.05, 0) is 6.72 Å². The lowest BCUT2D eigenvalue weighted by Crippen LogP contribution is -2.10. The minimum Gasteiger partial charge on any atom is -0.361 e. The van der Waals surface area contributed by atoms with Crippen molar-refractivity contribution >= 4 is 18.2 Å². The maximum absolute atomic E-state index is 4.03. The molecule has 0 fully saturated rings. The zero-order valence-corrected chi connectivity index (χ0v) is 8.65. The largest absolute Gasteiger partial charge is 0.361 e. The van der Waals surface area contributed by atoms with Crippen molar-refractivity contribution in [2.75, 3.05) is 19.0 Å². The highest BCUT2D eigenvalue weighted by atomic mass is 15.2. The summed E-state index contributed by atoms with van der Waals surface area (Å²) in [6.07, 6.45) is 3.12. The van der Waals surface area contributed by atoms with E-state index >= 15 is 0 Å². The lowest BCUT2D eigenvalue weighted by Gasteiger charge is -2.11. The second-order valence-electron chi connectivity index (χ2n) is 2.28. The van der Waals surface area contributed by atoms with Crippen molar-refractivity contribution in [1.82, 2.24) is 9.97 Å². The predicted molar refractivity (Wildman–Crippen MR) is 56.9 cm³/mol. The molecule has 13 heavy (non-hydrogen) atoms. The van der Waals surface area contributed by atoms with E-state index in [0.717, 1.165) is 5.82 Å². The molecule has 0 unspecified atom stereocenters. The summed E-state index contributed by atoms with van der Waals surface area (Å²) in [7, 11) is 3.80. The fourth-order valence-corrected chi connectivity index (χ4v) is 0.772. The van der Waals surface area contributed by atoms with Crippen LogP contribution in [0.25, 0.3) is 0 Å². The van der Waals surface area contributed by atoms with Crippen molar-refractivity contribution in [3.05, 3.63) is 12.5 Å². The highest BCUT2D eigenvalue weighted by Crippen LogP contribution is 2.21. The van der Waals surface area contributed by atoms with Gasteiger partial charge in [-0.15, -0.1) is 0 Å². The molecular weight excluding hydrogens is 164 g/mol. The number of anilines is 1. The molecule has 72 valence electrons. The van der Waals surface area contributed by atoms with Gasteiger partial charge in [0.05, 0.1) is 6.20 Å². The Morgan fingerprint density at radius 2 is 2.00 bits per heavy atom. The van der Waals surface area contributed by atoms with Gasteiger partial charge in [-0.3, -0.25) is 4.99 Å². The monoisotopic (exact) mass is 180 g/mol. The number of aromatic nitrogens is 2. The summed E-state index contributed by atoms with van der Waals surface area (Å²) in [5, 5.41) is 0. The highest BCUT2D eigenvalue weighted by molar-refractivity contribution is 5.62. The Kier molecular flexibility index (Phi) is 5.43. The van der Waals surface area contributed by atoms with Gasteiger partial charge in [-0.25, -0.2) is 9.97 Å². The van der Waals surface area contributed by atoms with Crippen LogP contribution in [0.3, 0.4) is 0 Å². The summed E-state index contributed by atoms with van der Waals surface area (Å²) < 4.78 is 0. The first-order chi connectivity index (χ1) is 6.25. The van der Waals surface area contributed by atoms with Gasteiger partial charge in [0, 0.05) is 14.1 Å². The Balaban J connectivity index is 0.000000671. The molecule has 0 atom stereocenters. The van der Waals surface area contributed by atoms with Crippen LogP contribution >= 0.6 is 0 Å². The average Bonchev–Trinajstić information content (AvgIpc) is 2.20. The Morgan fingerprint density at radius 3 is 2.38 bits per heavy atom. The molecule has 4 heteroatoms. The Hall–Kier alpha value is -1.45. The lowest BCUT2D eigenvalue weighted by molar-refractivity contribution is 1.03. The maximum Gasteiger partial charge on any atom is 0.157 e. The first-order valence-electron chi connectivity index (χ1n) is 4.19. The van der Waals surface area contributed by atoms with E-state index < -0.39 is 0 Å². The molecule has 1 aromatic rings. The summed E-state index contributed by atoms with van der Waals surface area (Å²) in [4.78, 5) is 13.5. The van der Waals surface area contributed by atoms with Crippen molar-refractivity contribution < 1.29 is 0 Å². The number of rotatable bonds is 2. The van der Waals surface area contributed by atoms with Gasteiger partial charge in [0.2, 0.25) is 0 Å². The van der Waals surface area contributed by atoms with Crippen molar-refractivity contribution in [1.29, 1.82) is 0 Å². The molecule has 0 bridgehead atoms. The molecule has 0 N–H and O–H groups in total. The van der Waals surface area contributed by atoms with Gasteiger partial charge < -0.3 is 4.90 Å². The average molecular weight is 180 g/mol. The molecule has 1 heterocycles. The molecule has 0 amide bonds. The van der Waals surface area contributed by atoms with Crippen LogP contribution in [0.5, 0.6) is 0 Å². The zero-order chi connectivity index (χ0) is 10.3. The van der Waals surface area contributed by atoms with E-state index in [4.69, 9.17) is 0 Å². The van der Waals surface area contributed by atoms with Gasteiger partial charge in [-0.2, -0.15) is 0 Å². The van der Waals surface area contributed by atoms with Crippen LogP contribution in [0.2, 0.25) is 0 Å². The minimum absolute atomic E-state index is 0.706. The van der Waals surface area contributed by atoms with Gasteiger partial charge >= 0.3 is 0 Å². The molecule has 0 aromatic carbocycles. The highest BCUT2D eigenvalue weighted by Gasteiger charge is 2.01. The second-order valence-corrected chi connectivity index (χ2v) is 2.28. The third-order valence-corrected chi connectivity index (χ3v) is 1.27. The van der Waals surface area contributed by atoms with Crippen molar-refractivity contribution in [3.63, 3.8) is 0 Å². The number of hydrogen-bond donors (Lipinski definition) is 0. The minimum atomic E-state index is 0.706. The Morgan fingerprint density at radius 1 is 1.38 bits per heavy atom. The SMILES string of the molecule is C=Nc1cncnc1N(C)C.CC. The van der Waals surface area contributed by atoms with Crippen molar-refractivity contribution in [2.45, 2.75) is 13.8 Å². The van der Waals surface area contributed by atoms with E-state index in [-0.39, 0.29) is 0 Å². The lowest BCUT2D eigenvalue weighted by atomic mass is 10.4. The number of hydrogen-bond acceptors (Lipinski definition) is 4. The van der Waals surface area contributed by atoms with Crippen LogP contribution in [-0.2, 0) is 0 Å². The number of nitrogens with zero attached hydrogens (tertiary/aromatic N) is 4. The van der Waals surface area contributed by atoms with Crippen molar-refractivity contribution in [2.24, 2.45) is 4.99 Å². The maximum atomic E-state index is 4.03. The normalized spacial score (nSPS) is 8.31. The first-order valence-corrected chi connectivity index (χ1v) is 4.19. The second kappa shape index (κ2) is 6.11.